The van der Waals surface area contributed by atoms with Crippen LogP contribution in [0.25, 0.3) is 0 Å². The molecule has 2 rings (SSSR count). The van der Waals surface area contributed by atoms with Gasteiger partial charge in [-0.2, -0.15) is 0 Å². The van der Waals surface area contributed by atoms with E-state index in [9.17, 15) is 13.6 Å². The van der Waals surface area contributed by atoms with Gasteiger partial charge >= 0.3 is 0 Å². The van der Waals surface area contributed by atoms with Gasteiger partial charge in [0.1, 0.15) is 11.6 Å². The number of carbonyl (C=O) groups excluding carboxylic acids is 1. The van der Waals surface area contributed by atoms with E-state index in [4.69, 9.17) is 5.73 Å². The minimum atomic E-state index is -0.615. The van der Waals surface area contributed by atoms with Crippen molar-refractivity contribution in [1.29, 1.82) is 0 Å². The van der Waals surface area contributed by atoms with Crippen molar-refractivity contribution in [2.45, 2.75) is 0 Å². The molecule has 0 fully saturated rings. The van der Waals surface area contributed by atoms with E-state index in [1.54, 1.807) is 6.07 Å². The molecular weight excluding hydrogens is 264 g/mol. The fourth-order valence-electron chi connectivity index (χ4n) is 1.69. The maximum absolute atomic E-state index is 13.6. The first-order valence-electron chi connectivity index (χ1n) is 5.85. The van der Waals surface area contributed by atoms with Crippen LogP contribution >= 0.6 is 0 Å². The maximum Gasteiger partial charge on any atom is 0.251 e. The Hall–Kier alpha value is -2.63. The summed E-state index contributed by atoms with van der Waals surface area (Å²) in [7, 11) is 1.50. The SMILES string of the molecule is CNC(=O)c1ccc(N)c(Nc2cc(F)ccc2F)c1. The standard InChI is InChI=1S/C14H13F2N3O/c1-18-14(20)8-2-5-11(17)13(6-8)19-12-7-9(15)3-4-10(12)16/h2-7,19H,17H2,1H3,(H,18,20). The van der Waals surface area contributed by atoms with Gasteiger partial charge in [-0.1, -0.05) is 0 Å². The summed E-state index contributed by atoms with van der Waals surface area (Å²) in [6.45, 7) is 0. The van der Waals surface area contributed by atoms with E-state index in [0.717, 1.165) is 18.2 Å². The van der Waals surface area contributed by atoms with E-state index in [-0.39, 0.29) is 11.6 Å². The van der Waals surface area contributed by atoms with Gasteiger partial charge in [0.25, 0.3) is 5.91 Å². The second kappa shape index (κ2) is 5.56. The molecule has 2 aromatic carbocycles. The van der Waals surface area contributed by atoms with Gasteiger partial charge in [0, 0.05) is 18.7 Å². The third-order valence-electron chi connectivity index (χ3n) is 2.74. The highest BCUT2D eigenvalue weighted by Crippen LogP contribution is 2.26. The molecule has 1 amide bonds. The van der Waals surface area contributed by atoms with Crippen molar-refractivity contribution in [2.24, 2.45) is 0 Å². The molecule has 0 bridgehead atoms. The molecule has 0 radical (unpaired) electrons. The van der Waals surface area contributed by atoms with Crippen LogP contribution in [-0.4, -0.2) is 13.0 Å². The van der Waals surface area contributed by atoms with Gasteiger partial charge in [0.2, 0.25) is 0 Å². The average Bonchev–Trinajstić information content (AvgIpc) is 2.44. The third kappa shape index (κ3) is 2.85. The summed E-state index contributed by atoms with van der Waals surface area (Å²) >= 11 is 0. The van der Waals surface area contributed by atoms with E-state index in [2.05, 4.69) is 10.6 Å². The molecule has 0 saturated heterocycles. The zero-order valence-corrected chi connectivity index (χ0v) is 10.7. The summed E-state index contributed by atoms with van der Waals surface area (Å²) in [5.74, 6) is -1.49. The fourth-order valence-corrected chi connectivity index (χ4v) is 1.69. The molecule has 0 aliphatic carbocycles. The van der Waals surface area contributed by atoms with Gasteiger partial charge in [-0.3, -0.25) is 4.79 Å². The van der Waals surface area contributed by atoms with Crippen LogP contribution in [0.15, 0.2) is 36.4 Å². The number of amides is 1. The molecule has 0 aromatic heterocycles. The highest BCUT2D eigenvalue weighted by atomic mass is 19.1. The fraction of sp³-hybridized carbons (Fsp3) is 0.0714. The molecule has 4 N–H and O–H groups in total. The van der Waals surface area contributed by atoms with E-state index in [0.29, 0.717) is 16.9 Å². The molecule has 0 heterocycles. The van der Waals surface area contributed by atoms with E-state index >= 15 is 0 Å². The molecule has 2 aromatic rings. The molecule has 0 aliphatic rings. The Morgan fingerprint density at radius 2 is 1.85 bits per heavy atom. The summed E-state index contributed by atoms with van der Waals surface area (Å²) in [4.78, 5) is 11.5. The van der Waals surface area contributed by atoms with Crippen molar-refractivity contribution in [3.63, 3.8) is 0 Å². The van der Waals surface area contributed by atoms with Gasteiger partial charge in [-0.05, 0) is 30.3 Å². The zero-order chi connectivity index (χ0) is 14.7. The van der Waals surface area contributed by atoms with Crippen molar-refractivity contribution >= 4 is 23.0 Å². The molecule has 0 spiro atoms. The lowest BCUT2D eigenvalue weighted by Gasteiger charge is -2.11. The first-order chi connectivity index (χ1) is 9.51. The van der Waals surface area contributed by atoms with E-state index in [1.165, 1.54) is 19.2 Å². The second-order valence-electron chi connectivity index (χ2n) is 4.13. The predicted octanol–water partition coefficient (Wildman–Crippen LogP) is 2.65. The Morgan fingerprint density at radius 1 is 1.10 bits per heavy atom. The Bertz CT molecular complexity index is 659. The van der Waals surface area contributed by atoms with E-state index in [1.807, 2.05) is 0 Å². The Kier molecular flexibility index (Phi) is 3.84. The number of benzene rings is 2. The van der Waals surface area contributed by atoms with Gasteiger partial charge in [0.05, 0.1) is 17.1 Å². The smallest absolute Gasteiger partial charge is 0.251 e. The zero-order valence-electron chi connectivity index (χ0n) is 10.7. The van der Waals surface area contributed by atoms with Crippen LogP contribution in [0.5, 0.6) is 0 Å². The highest BCUT2D eigenvalue weighted by molar-refractivity contribution is 5.96. The number of rotatable bonds is 3. The maximum atomic E-state index is 13.6. The van der Waals surface area contributed by atoms with Crippen LogP contribution in [0.4, 0.5) is 25.8 Å². The van der Waals surface area contributed by atoms with Crippen LogP contribution in [0, 0.1) is 11.6 Å². The number of nitrogens with one attached hydrogen (secondary N) is 2. The highest BCUT2D eigenvalue weighted by Gasteiger charge is 2.09. The van der Waals surface area contributed by atoms with Gasteiger partial charge < -0.3 is 16.4 Å². The molecule has 0 aliphatic heterocycles. The molecule has 0 unspecified atom stereocenters. The molecular formula is C14H13F2N3O. The molecule has 4 nitrogen and oxygen atoms in total. The van der Waals surface area contributed by atoms with Crippen molar-refractivity contribution in [2.75, 3.05) is 18.1 Å². The second-order valence-corrected chi connectivity index (χ2v) is 4.13. The molecule has 104 valence electrons. The Balaban J connectivity index is 2.37. The Labute approximate surface area is 114 Å². The van der Waals surface area contributed by atoms with Crippen molar-refractivity contribution in [1.82, 2.24) is 5.32 Å². The lowest BCUT2D eigenvalue weighted by Crippen LogP contribution is -2.18. The number of hydrogen-bond donors (Lipinski definition) is 3. The summed E-state index contributed by atoms with van der Waals surface area (Å²) in [5.41, 5.74) is 6.72. The van der Waals surface area contributed by atoms with Crippen LogP contribution in [0.3, 0.4) is 0 Å². The number of nitrogens with two attached hydrogens (primary N) is 1. The minimum Gasteiger partial charge on any atom is -0.397 e. The molecule has 0 atom stereocenters. The first kappa shape index (κ1) is 13.8. The van der Waals surface area contributed by atoms with Gasteiger partial charge in [-0.15, -0.1) is 0 Å². The summed E-state index contributed by atoms with van der Waals surface area (Å²) in [5, 5.41) is 5.15. The van der Waals surface area contributed by atoms with Crippen LogP contribution in [0.2, 0.25) is 0 Å². The topological polar surface area (TPSA) is 67.2 Å². The number of halogens is 2. The van der Waals surface area contributed by atoms with Crippen molar-refractivity contribution < 1.29 is 13.6 Å². The van der Waals surface area contributed by atoms with Gasteiger partial charge in [-0.25, -0.2) is 8.78 Å². The lowest BCUT2D eigenvalue weighted by molar-refractivity contribution is 0.0963. The molecule has 20 heavy (non-hydrogen) atoms. The predicted molar refractivity (Wildman–Crippen MR) is 73.9 cm³/mol. The minimum absolute atomic E-state index is 0.0502. The lowest BCUT2D eigenvalue weighted by atomic mass is 10.1. The third-order valence-corrected chi connectivity index (χ3v) is 2.74. The number of hydrogen-bond acceptors (Lipinski definition) is 3. The molecule has 6 heteroatoms. The van der Waals surface area contributed by atoms with Crippen molar-refractivity contribution in [3.05, 3.63) is 53.6 Å². The van der Waals surface area contributed by atoms with Crippen LogP contribution in [-0.2, 0) is 0 Å². The van der Waals surface area contributed by atoms with Gasteiger partial charge in [0.15, 0.2) is 0 Å². The monoisotopic (exact) mass is 277 g/mol. The molecule has 0 saturated carbocycles. The van der Waals surface area contributed by atoms with E-state index < -0.39 is 11.6 Å². The van der Waals surface area contributed by atoms with Crippen molar-refractivity contribution in [3.8, 4) is 0 Å². The number of nitrogen functional groups attached to an aromatic ring is 1. The summed E-state index contributed by atoms with van der Waals surface area (Å²) < 4.78 is 26.7. The average molecular weight is 277 g/mol. The number of carbonyl (C=O) groups is 1. The normalized spacial score (nSPS) is 10.2. The number of anilines is 3. The first-order valence-corrected chi connectivity index (χ1v) is 5.85. The van der Waals surface area contributed by atoms with Crippen LogP contribution < -0.4 is 16.4 Å². The summed E-state index contributed by atoms with van der Waals surface area (Å²) in [6.07, 6.45) is 0. The quantitative estimate of drug-likeness (QED) is 0.755. The van der Waals surface area contributed by atoms with Crippen LogP contribution in [0.1, 0.15) is 10.4 Å². The summed E-state index contributed by atoms with van der Waals surface area (Å²) in [6, 6.07) is 7.58. The largest absolute Gasteiger partial charge is 0.397 e. The Morgan fingerprint density at radius 3 is 2.55 bits per heavy atom.